The van der Waals surface area contributed by atoms with Crippen LogP contribution in [0.5, 0.6) is 0 Å². The number of amides is 1. The molecule has 1 aromatic carbocycles. The summed E-state index contributed by atoms with van der Waals surface area (Å²) in [5.41, 5.74) is 1.43. The highest BCUT2D eigenvalue weighted by Gasteiger charge is 2.13. The molecule has 1 amide bonds. The third-order valence-electron chi connectivity index (χ3n) is 2.41. The molecule has 0 saturated heterocycles. The Hall–Kier alpha value is -1.36. The van der Waals surface area contributed by atoms with E-state index < -0.39 is 0 Å². The molecule has 0 radical (unpaired) electrons. The monoisotopic (exact) mass is 315 g/mol. The molecule has 0 bridgehead atoms. The predicted molar refractivity (Wildman–Crippen MR) is 76.2 cm³/mol. The van der Waals surface area contributed by atoms with E-state index in [2.05, 4.69) is 15.3 Å². The fraction of sp³-hybridized carbons (Fsp3) is 0.0833. The topological polar surface area (TPSA) is 54.9 Å². The van der Waals surface area contributed by atoms with Crippen LogP contribution in [0.1, 0.15) is 15.9 Å². The van der Waals surface area contributed by atoms with Crippen LogP contribution in [0.3, 0.4) is 0 Å². The van der Waals surface area contributed by atoms with E-state index in [1.165, 1.54) is 6.33 Å². The lowest BCUT2D eigenvalue weighted by atomic mass is 10.1. The van der Waals surface area contributed by atoms with Gasteiger partial charge >= 0.3 is 0 Å². The molecule has 0 fully saturated rings. The van der Waals surface area contributed by atoms with Crippen molar-refractivity contribution in [2.24, 2.45) is 0 Å². The maximum Gasteiger partial charge on any atom is 0.255 e. The number of nitrogens with zero attached hydrogens (tertiary/aromatic N) is 2. The smallest absolute Gasteiger partial charge is 0.255 e. The molecule has 2 rings (SSSR count). The van der Waals surface area contributed by atoms with Crippen LogP contribution >= 0.6 is 34.8 Å². The summed E-state index contributed by atoms with van der Waals surface area (Å²) in [4.78, 5) is 19.6. The number of carbonyl (C=O) groups is 1. The van der Waals surface area contributed by atoms with E-state index >= 15 is 0 Å². The van der Waals surface area contributed by atoms with Crippen molar-refractivity contribution in [3.05, 3.63) is 51.0 Å². The second-order valence-corrected chi connectivity index (χ2v) is 4.87. The van der Waals surface area contributed by atoms with Gasteiger partial charge in [0, 0.05) is 10.6 Å². The molecule has 4 nitrogen and oxygen atoms in total. The molecule has 0 aliphatic heterocycles. The van der Waals surface area contributed by atoms with Crippen LogP contribution in [0.25, 0.3) is 0 Å². The predicted octanol–water partition coefficient (Wildman–Crippen LogP) is 4.00. The molecule has 7 heteroatoms. The van der Waals surface area contributed by atoms with Crippen LogP contribution in [0.15, 0.2) is 24.5 Å². The average molecular weight is 317 g/mol. The van der Waals surface area contributed by atoms with Gasteiger partial charge in [0.25, 0.3) is 5.91 Å². The minimum atomic E-state index is -0.363. The standard InChI is InChI=1S/C12H8Cl3N3O/c1-6-4-7(2-3-8(6)13)12(19)18-9-10(14)16-5-17-11(9)15/h2-5H,1H3,(H,18,19). The highest BCUT2D eigenvalue weighted by molar-refractivity contribution is 6.38. The van der Waals surface area contributed by atoms with E-state index in [0.717, 1.165) is 5.56 Å². The van der Waals surface area contributed by atoms with Gasteiger partial charge < -0.3 is 5.32 Å². The Morgan fingerprint density at radius 2 is 1.79 bits per heavy atom. The van der Waals surface area contributed by atoms with Crippen LogP contribution in [0.2, 0.25) is 15.3 Å². The molecule has 1 heterocycles. The maximum absolute atomic E-state index is 12.1. The van der Waals surface area contributed by atoms with E-state index in [1.807, 2.05) is 6.92 Å². The summed E-state index contributed by atoms with van der Waals surface area (Å²) in [5.74, 6) is -0.363. The van der Waals surface area contributed by atoms with Gasteiger partial charge in [-0.15, -0.1) is 0 Å². The van der Waals surface area contributed by atoms with Crippen molar-refractivity contribution in [2.75, 3.05) is 5.32 Å². The van der Waals surface area contributed by atoms with Crippen molar-refractivity contribution in [1.29, 1.82) is 0 Å². The Morgan fingerprint density at radius 1 is 1.16 bits per heavy atom. The Labute approximate surface area is 124 Å². The van der Waals surface area contributed by atoms with E-state index in [0.29, 0.717) is 10.6 Å². The highest BCUT2D eigenvalue weighted by Crippen LogP contribution is 2.26. The average Bonchev–Trinajstić information content (AvgIpc) is 2.37. The number of aromatic nitrogens is 2. The Bertz CT molecular complexity index is 626. The number of nitrogens with one attached hydrogen (secondary N) is 1. The zero-order chi connectivity index (χ0) is 14.0. The molecule has 98 valence electrons. The zero-order valence-electron chi connectivity index (χ0n) is 9.75. The second kappa shape index (κ2) is 5.74. The number of anilines is 1. The summed E-state index contributed by atoms with van der Waals surface area (Å²) in [6.07, 6.45) is 1.22. The molecular weight excluding hydrogens is 309 g/mol. The minimum absolute atomic E-state index is 0.0824. The lowest BCUT2D eigenvalue weighted by Gasteiger charge is -2.08. The van der Waals surface area contributed by atoms with E-state index in [-0.39, 0.29) is 21.9 Å². The third kappa shape index (κ3) is 3.15. The number of aryl methyl sites for hydroxylation is 1. The third-order valence-corrected chi connectivity index (χ3v) is 3.41. The highest BCUT2D eigenvalue weighted by atomic mass is 35.5. The van der Waals surface area contributed by atoms with Crippen LogP contribution in [-0.4, -0.2) is 15.9 Å². The summed E-state index contributed by atoms with van der Waals surface area (Å²) < 4.78 is 0. The van der Waals surface area contributed by atoms with Gasteiger partial charge in [-0.05, 0) is 30.7 Å². The van der Waals surface area contributed by atoms with Crippen molar-refractivity contribution in [2.45, 2.75) is 6.92 Å². The van der Waals surface area contributed by atoms with Crippen molar-refractivity contribution in [3.63, 3.8) is 0 Å². The SMILES string of the molecule is Cc1cc(C(=O)Nc2c(Cl)ncnc2Cl)ccc1Cl. The molecule has 0 aliphatic carbocycles. The number of rotatable bonds is 2. The van der Waals surface area contributed by atoms with Gasteiger partial charge in [0.2, 0.25) is 0 Å². The molecule has 1 N–H and O–H groups in total. The molecule has 0 aliphatic rings. The first-order valence-electron chi connectivity index (χ1n) is 5.22. The first-order valence-corrected chi connectivity index (χ1v) is 6.36. The number of halogens is 3. The van der Waals surface area contributed by atoms with Gasteiger partial charge in [0.05, 0.1) is 0 Å². The van der Waals surface area contributed by atoms with Crippen LogP contribution in [0.4, 0.5) is 5.69 Å². The van der Waals surface area contributed by atoms with Gasteiger partial charge in [-0.1, -0.05) is 34.8 Å². The van der Waals surface area contributed by atoms with Gasteiger partial charge in [-0.25, -0.2) is 9.97 Å². The quantitative estimate of drug-likeness (QED) is 0.852. The zero-order valence-corrected chi connectivity index (χ0v) is 12.0. The molecule has 1 aromatic heterocycles. The van der Waals surface area contributed by atoms with E-state index in [9.17, 15) is 4.79 Å². The first kappa shape index (κ1) is 14.1. The molecular formula is C12H8Cl3N3O. The summed E-state index contributed by atoms with van der Waals surface area (Å²) >= 11 is 17.6. The fourth-order valence-corrected chi connectivity index (χ4v) is 1.95. The van der Waals surface area contributed by atoms with Crippen LogP contribution < -0.4 is 5.32 Å². The van der Waals surface area contributed by atoms with E-state index in [4.69, 9.17) is 34.8 Å². The van der Waals surface area contributed by atoms with Gasteiger partial charge in [0.15, 0.2) is 10.3 Å². The number of hydrogen-bond donors (Lipinski definition) is 1. The molecule has 0 spiro atoms. The molecule has 0 saturated carbocycles. The Balaban J connectivity index is 2.28. The molecule has 19 heavy (non-hydrogen) atoms. The second-order valence-electron chi connectivity index (χ2n) is 3.75. The fourth-order valence-electron chi connectivity index (χ4n) is 1.42. The summed E-state index contributed by atoms with van der Waals surface area (Å²) in [7, 11) is 0. The Morgan fingerprint density at radius 3 is 2.37 bits per heavy atom. The van der Waals surface area contributed by atoms with Crippen molar-refractivity contribution in [3.8, 4) is 0 Å². The summed E-state index contributed by atoms with van der Waals surface area (Å²) in [6, 6.07) is 4.93. The first-order chi connectivity index (χ1) is 8.99. The minimum Gasteiger partial charge on any atom is -0.317 e. The molecule has 0 unspecified atom stereocenters. The molecule has 2 aromatic rings. The number of benzene rings is 1. The number of hydrogen-bond acceptors (Lipinski definition) is 3. The summed E-state index contributed by atoms with van der Waals surface area (Å²) in [5, 5.41) is 3.33. The number of carbonyl (C=O) groups excluding carboxylic acids is 1. The molecule has 0 atom stereocenters. The van der Waals surface area contributed by atoms with Crippen molar-refractivity contribution >= 4 is 46.4 Å². The van der Waals surface area contributed by atoms with Crippen molar-refractivity contribution in [1.82, 2.24) is 9.97 Å². The lowest BCUT2D eigenvalue weighted by molar-refractivity contribution is 0.102. The Kier molecular flexibility index (Phi) is 4.24. The van der Waals surface area contributed by atoms with Gasteiger partial charge in [0.1, 0.15) is 12.0 Å². The van der Waals surface area contributed by atoms with E-state index in [1.54, 1.807) is 18.2 Å². The van der Waals surface area contributed by atoms with Crippen LogP contribution in [-0.2, 0) is 0 Å². The van der Waals surface area contributed by atoms with Crippen LogP contribution in [0, 0.1) is 6.92 Å². The van der Waals surface area contributed by atoms with Crippen molar-refractivity contribution < 1.29 is 4.79 Å². The maximum atomic E-state index is 12.1. The van der Waals surface area contributed by atoms with Gasteiger partial charge in [-0.2, -0.15) is 0 Å². The largest absolute Gasteiger partial charge is 0.317 e. The normalized spacial score (nSPS) is 10.3. The summed E-state index contributed by atoms with van der Waals surface area (Å²) in [6.45, 7) is 1.81. The van der Waals surface area contributed by atoms with Gasteiger partial charge in [-0.3, -0.25) is 4.79 Å². The lowest BCUT2D eigenvalue weighted by Crippen LogP contribution is -2.13.